The van der Waals surface area contributed by atoms with Crippen LogP contribution < -0.4 is 16.1 Å². The molecule has 2 aromatic carbocycles. The molecular weight excluding hydrogens is 340 g/mol. The minimum absolute atomic E-state index is 0.0348. The van der Waals surface area contributed by atoms with E-state index in [-0.39, 0.29) is 11.5 Å². The molecule has 1 aliphatic rings. The second-order valence-corrected chi connectivity index (χ2v) is 6.06. The zero-order valence-corrected chi connectivity index (χ0v) is 13.6. The van der Waals surface area contributed by atoms with Gasteiger partial charge in [-0.1, -0.05) is 23.7 Å². The summed E-state index contributed by atoms with van der Waals surface area (Å²) >= 11 is 5.98. The van der Waals surface area contributed by atoms with E-state index in [1.54, 1.807) is 30.3 Å². The number of allylic oxidation sites excluding steroid dienone is 1. The van der Waals surface area contributed by atoms with Crippen LogP contribution in [-0.4, -0.2) is 0 Å². The van der Waals surface area contributed by atoms with Gasteiger partial charge in [-0.3, -0.25) is 0 Å². The van der Waals surface area contributed by atoms with E-state index in [9.17, 15) is 10.1 Å². The van der Waals surface area contributed by atoms with E-state index in [1.165, 1.54) is 6.07 Å². The van der Waals surface area contributed by atoms with Gasteiger partial charge in [0.2, 0.25) is 5.88 Å². The van der Waals surface area contributed by atoms with Gasteiger partial charge in [-0.15, -0.1) is 0 Å². The van der Waals surface area contributed by atoms with Crippen LogP contribution in [0, 0.1) is 11.3 Å². The summed E-state index contributed by atoms with van der Waals surface area (Å²) in [6.07, 6.45) is 0. The molecule has 1 atom stereocenters. The van der Waals surface area contributed by atoms with Crippen molar-refractivity contribution in [1.29, 1.82) is 5.26 Å². The normalized spacial score (nSPS) is 16.2. The van der Waals surface area contributed by atoms with E-state index in [1.807, 2.05) is 12.1 Å². The Morgan fingerprint density at radius 3 is 2.52 bits per heavy atom. The van der Waals surface area contributed by atoms with Crippen LogP contribution in [0.2, 0.25) is 5.02 Å². The standard InChI is InChI=1S/C19H11ClN2O3/c20-12-5-1-10(2-6-12)16-13(9-21)19(22)24-14-7-3-11-4-8-15(23)25-18(11)17(14)16/h1-8,16H,22H2. The molecule has 0 bridgehead atoms. The molecule has 0 saturated carbocycles. The van der Waals surface area contributed by atoms with Gasteiger partial charge >= 0.3 is 5.63 Å². The molecule has 0 spiro atoms. The van der Waals surface area contributed by atoms with Crippen LogP contribution >= 0.6 is 11.6 Å². The van der Waals surface area contributed by atoms with Crippen molar-refractivity contribution in [2.75, 3.05) is 0 Å². The zero-order valence-electron chi connectivity index (χ0n) is 12.8. The number of benzene rings is 2. The number of hydrogen-bond acceptors (Lipinski definition) is 5. The number of hydrogen-bond donors (Lipinski definition) is 1. The van der Waals surface area contributed by atoms with Crippen molar-refractivity contribution < 1.29 is 9.15 Å². The predicted molar refractivity (Wildman–Crippen MR) is 93.2 cm³/mol. The van der Waals surface area contributed by atoms with Gasteiger partial charge in [0.05, 0.1) is 11.5 Å². The molecule has 1 unspecified atom stereocenters. The van der Waals surface area contributed by atoms with Crippen LogP contribution in [0.25, 0.3) is 11.0 Å². The maximum Gasteiger partial charge on any atom is 0.336 e. The number of ether oxygens (including phenoxy) is 1. The lowest BCUT2D eigenvalue weighted by Crippen LogP contribution is -2.21. The molecule has 25 heavy (non-hydrogen) atoms. The molecule has 122 valence electrons. The van der Waals surface area contributed by atoms with Gasteiger partial charge < -0.3 is 14.9 Å². The number of halogens is 1. The van der Waals surface area contributed by atoms with Gasteiger partial charge in [0.15, 0.2) is 0 Å². The van der Waals surface area contributed by atoms with Crippen LogP contribution in [0.4, 0.5) is 0 Å². The van der Waals surface area contributed by atoms with Gasteiger partial charge in [0.25, 0.3) is 0 Å². The first-order valence-corrected chi connectivity index (χ1v) is 7.86. The summed E-state index contributed by atoms with van der Waals surface area (Å²) < 4.78 is 11.0. The first-order chi connectivity index (χ1) is 12.1. The Kier molecular flexibility index (Phi) is 3.48. The summed E-state index contributed by atoms with van der Waals surface area (Å²) in [6.45, 7) is 0. The highest BCUT2D eigenvalue weighted by Crippen LogP contribution is 2.45. The molecule has 1 aliphatic heterocycles. The number of nitrogens with zero attached hydrogens (tertiary/aromatic N) is 1. The Labute approximate surface area is 147 Å². The molecule has 3 aromatic rings. The fraction of sp³-hybridized carbons (Fsp3) is 0.0526. The van der Waals surface area contributed by atoms with E-state index in [0.717, 1.165) is 10.9 Å². The molecule has 5 nitrogen and oxygen atoms in total. The Hall–Kier alpha value is -3.23. The predicted octanol–water partition coefficient (Wildman–Crippen LogP) is 3.66. The lowest BCUT2D eigenvalue weighted by molar-refractivity contribution is 0.392. The smallest absolute Gasteiger partial charge is 0.336 e. The van der Waals surface area contributed by atoms with Crippen molar-refractivity contribution >= 4 is 22.6 Å². The fourth-order valence-corrected chi connectivity index (χ4v) is 3.19. The summed E-state index contributed by atoms with van der Waals surface area (Å²) in [4.78, 5) is 11.7. The summed E-state index contributed by atoms with van der Waals surface area (Å²) in [5.74, 6) is -0.0221. The van der Waals surface area contributed by atoms with Crippen molar-refractivity contribution in [3.8, 4) is 11.8 Å². The largest absolute Gasteiger partial charge is 0.440 e. The molecule has 2 N–H and O–H groups in total. The van der Waals surface area contributed by atoms with Crippen molar-refractivity contribution in [3.05, 3.63) is 86.6 Å². The zero-order chi connectivity index (χ0) is 17.6. The topological polar surface area (TPSA) is 89.3 Å². The molecule has 0 amide bonds. The SMILES string of the molecule is N#CC1=C(N)Oc2ccc3ccc(=O)oc3c2C1c1ccc(Cl)cc1. The molecule has 0 saturated heterocycles. The highest BCUT2D eigenvalue weighted by atomic mass is 35.5. The highest BCUT2D eigenvalue weighted by Gasteiger charge is 2.33. The number of rotatable bonds is 1. The summed E-state index contributed by atoms with van der Waals surface area (Å²) in [6, 6.07) is 15.8. The third-order valence-electron chi connectivity index (χ3n) is 4.17. The minimum Gasteiger partial charge on any atom is -0.440 e. The average Bonchev–Trinajstić information content (AvgIpc) is 2.61. The van der Waals surface area contributed by atoms with Crippen LogP contribution in [0.15, 0.2) is 69.2 Å². The molecule has 0 radical (unpaired) electrons. The highest BCUT2D eigenvalue weighted by molar-refractivity contribution is 6.30. The Morgan fingerprint density at radius 1 is 1.08 bits per heavy atom. The molecule has 6 heteroatoms. The van der Waals surface area contributed by atoms with Crippen LogP contribution in [-0.2, 0) is 0 Å². The first-order valence-electron chi connectivity index (χ1n) is 7.48. The number of nitriles is 1. The summed E-state index contributed by atoms with van der Waals surface area (Å²) in [7, 11) is 0. The van der Waals surface area contributed by atoms with Gasteiger partial charge in [-0.05, 0) is 35.9 Å². The monoisotopic (exact) mass is 350 g/mol. The average molecular weight is 351 g/mol. The fourth-order valence-electron chi connectivity index (χ4n) is 3.07. The van der Waals surface area contributed by atoms with Crippen molar-refractivity contribution in [2.45, 2.75) is 5.92 Å². The second kappa shape index (κ2) is 5.69. The maximum absolute atomic E-state index is 11.7. The second-order valence-electron chi connectivity index (χ2n) is 5.63. The van der Waals surface area contributed by atoms with Gasteiger partial charge in [0.1, 0.15) is 23.0 Å². The third-order valence-corrected chi connectivity index (χ3v) is 4.43. The first kappa shape index (κ1) is 15.3. The van der Waals surface area contributed by atoms with E-state index in [2.05, 4.69) is 6.07 Å². The Morgan fingerprint density at radius 2 is 1.80 bits per heavy atom. The molecule has 2 heterocycles. The van der Waals surface area contributed by atoms with Crippen LogP contribution in [0.1, 0.15) is 17.0 Å². The summed E-state index contributed by atoms with van der Waals surface area (Å²) in [5, 5.41) is 10.9. The number of fused-ring (bicyclic) bond motifs is 3. The Bertz CT molecular complexity index is 1120. The molecule has 1 aromatic heterocycles. The van der Waals surface area contributed by atoms with Crippen LogP contribution in [0.3, 0.4) is 0 Å². The Balaban J connectivity index is 2.08. The lowest BCUT2D eigenvalue weighted by Gasteiger charge is -2.26. The third kappa shape index (κ3) is 2.44. The van der Waals surface area contributed by atoms with Crippen LogP contribution in [0.5, 0.6) is 5.75 Å². The maximum atomic E-state index is 11.7. The van der Waals surface area contributed by atoms with E-state index in [4.69, 9.17) is 26.5 Å². The van der Waals surface area contributed by atoms with Gasteiger partial charge in [0, 0.05) is 16.5 Å². The molecule has 4 rings (SSSR count). The number of nitrogens with two attached hydrogens (primary N) is 1. The minimum atomic E-state index is -0.514. The van der Waals surface area contributed by atoms with Crippen molar-refractivity contribution in [3.63, 3.8) is 0 Å². The molecule has 0 aliphatic carbocycles. The lowest BCUT2D eigenvalue weighted by atomic mass is 9.83. The van der Waals surface area contributed by atoms with Crippen molar-refractivity contribution in [2.24, 2.45) is 5.73 Å². The molecular formula is C19H11ClN2O3. The van der Waals surface area contributed by atoms with Gasteiger partial charge in [-0.25, -0.2) is 4.79 Å². The quantitative estimate of drug-likeness (QED) is 0.676. The molecule has 0 fully saturated rings. The van der Waals surface area contributed by atoms with E-state index >= 15 is 0 Å². The summed E-state index contributed by atoms with van der Waals surface area (Å²) in [5.41, 5.74) is 7.51. The van der Waals surface area contributed by atoms with E-state index in [0.29, 0.717) is 21.9 Å². The van der Waals surface area contributed by atoms with E-state index < -0.39 is 11.5 Å². The van der Waals surface area contributed by atoms with Crippen molar-refractivity contribution in [1.82, 2.24) is 0 Å². The van der Waals surface area contributed by atoms with Gasteiger partial charge in [-0.2, -0.15) is 5.26 Å².